The first-order valence-corrected chi connectivity index (χ1v) is 7.86. The van der Waals surface area contributed by atoms with Crippen molar-refractivity contribution in [2.24, 2.45) is 5.73 Å². The highest BCUT2D eigenvalue weighted by atomic mass is 32.2. The van der Waals surface area contributed by atoms with Crippen LogP contribution in [-0.2, 0) is 10.5 Å². The number of benzene rings is 1. The second-order valence-electron chi connectivity index (χ2n) is 4.93. The molecule has 1 heterocycles. The zero-order valence-electron chi connectivity index (χ0n) is 11.4. The van der Waals surface area contributed by atoms with Gasteiger partial charge in [0.2, 0.25) is 5.91 Å². The van der Waals surface area contributed by atoms with Crippen LogP contribution in [0, 0.1) is 11.3 Å². The quantitative estimate of drug-likeness (QED) is 0.916. The minimum atomic E-state index is 0.0497. The van der Waals surface area contributed by atoms with Gasteiger partial charge in [-0.15, -0.1) is 0 Å². The van der Waals surface area contributed by atoms with E-state index in [9.17, 15) is 4.79 Å². The maximum Gasteiger partial charge on any atom is 0.236 e. The Morgan fingerprint density at radius 3 is 2.85 bits per heavy atom. The summed E-state index contributed by atoms with van der Waals surface area (Å²) in [5.74, 6) is 0.967. The molecule has 0 aromatic heterocycles. The van der Waals surface area contributed by atoms with E-state index in [2.05, 4.69) is 6.07 Å². The Morgan fingerprint density at radius 2 is 2.20 bits per heavy atom. The zero-order chi connectivity index (χ0) is 14.4. The van der Waals surface area contributed by atoms with Crippen LogP contribution in [0.3, 0.4) is 0 Å². The minimum absolute atomic E-state index is 0.0497. The molecule has 1 aromatic rings. The Balaban J connectivity index is 1.84. The number of likely N-dealkylation sites (tertiary alicyclic amines) is 1. The summed E-state index contributed by atoms with van der Waals surface area (Å²) < 4.78 is 0. The molecule has 106 valence electrons. The number of nitrogens with two attached hydrogens (primary N) is 1. The minimum Gasteiger partial charge on any atom is -0.340 e. The maximum absolute atomic E-state index is 11.6. The van der Waals surface area contributed by atoms with E-state index in [0.717, 1.165) is 31.7 Å². The predicted molar refractivity (Wildman–Crippen MR) is 81.1 cm³/mol. The van der Waals surface area contributed by atoms with Crippen molar-refractivity contribution in [2.75, 3.05) is 19.6 Å². The number of thioether (sulfide) groups is 1. The van der Waals surface area contributed by atoms with E-state index in [0.29, 0.717) is 10.8 Å². The standard InChI is InChI=1S/C15H19N3OS/c16-8-12-3-5-13(6-4-12)11-20-14-2-1-7-18(10-14)15(19)9-17/h3-6,14H,1-2,7,9-11,17H2. The van der Waals surface area contributed by atoms with Gasteiger partial charge in [0.05, 0.1) is 18.2 Å². The molecule has 1 aliphatic rings. The molecular weight excluding hydrogens is 270 g/mol. The monoisotopic (exact) mass is 289 g/mol. The van der Waals surface area contributed by atoms with Gasteiger partial charge in [-0.1, -0.05) is 12.1 Å². The lowest BCUT2D eigenvalue weighted by Crippen LogP contribution is -2.43. The summed E-state index contributed by atoms with van der Waals surface area (Å²) in [6.45, 7) is 1.74. The average Bonchev–Trinajstić information content (AvgIpc) is 2.53. The molecule has 1 amide bonds. The highest BCUT2D eigenvalue weighted by molar-refractivity contribution is 7.99. The molecule has 4 nitrogen and oxygen atoms in total. The van der Waals surface area contributed by atoms with Crippen molar-refractivity contribution in [2.45, 2.75) is 23.8 Å². The largest absolute Gasteiger partial charge is 0.340 e. The van der Waals surface area contributed by atoms with Gasteiger partial charge in [-0.3, -0.25) is 4.79 Å². The van der Waals surface area contributed by atoms with Crippen molar-refractivity contribution in [1.29, 1.82) is 5.26 Å². The number of rotatable bonds is 4. The van der Waals surface area contributed by atoms with E-state index in [1.54, 1.807) is 0 Å². The van der Waals surface area contributed by atoms with Crippen molar-refractivity contribution in [1.82, 2.24) is 4.90 Å². The third-order valence-corrected chi connectivity index (χ3v) is 4.83. The molecule has 1 aliphatic heterocycles. The number of nitriles is 1. The second kappa shape index (κ2) is 7.32. The Hall–Kier alpha value is -1.51. The summed E-state index contributed by atoms with van der Waals surface area (Å²) in [6.07, 6.45) is 2.20. The lowest BCUT2D eigenvalue weighted by atomic mass is 10.1. The van der Waals surface area contributed by atoms with E-state index >= 15 is 0 Å². The van der Waals surface area contributed by atoms with Gasteiger partial charge in [0.15, 0.2) is 0 Å². The molecule has 1 fully saturated rings. The van der Waals surface area contributed by atoms with Crippen molar-refractivity contribution < 1.29 is 4.79 Å². The number of piperidine rings is 1. The molecule has 1 aromatic carbocycles. The average molecular weight is 289 g/mol. The number of amides is 1. The Bertz CT molecular complexity index is 495. The molecule has 20 heavy (non-hydrogen) atoms. The van der Waals surface area contributed by atoms with Crippen LogP contribution in [0.5, 0.6) is 0 Å². The first-order valence-electron chi connectivity index (χ1n) is 6.81. The second-order valence-corrected chi connectivity index (χ2v) is 6.22. The smallest absolute Gasteiger partial charge is 0.236 e. The molecular formula is C15H19N3OS. The van der Waals surface area contributed by atoms with Crippen LogP contribution in [0.1, 0.15) is 24.0 Å². The van der Waals surface area contributed by atoms with Crippen molar-refractivity contribution in [3.8, 4) is 6.07 Å². The first kappa shape index (κ1) is 14.9. The van der Waals surface area contributed by atoms with Crippen LogP contribution in [0.4, 0.5) is 0 Å². The van der Waals surface area contributed by atoms with Gasteiger partial charge in [0, 0.05) is 24.1 Å². The van der Waals surface area contributed by atoms with Gasteiger partial charge < -0.3 is 10.6 Å². The van der Waals surface area contributed by atoms with Gasteiger partial charge in [0.1, 0.15) is 0 Å². The van der Waals surface area contributed by atoms with Crippen LogP contribution >= 0.6 is 11.8 Å². The van der Waals surface area contributed by atoms with Crippen molar-refractivity contribution >= 4 is 17.7 Å². The van der Waals surface area contributed by atoms with Gasteiger partial charge in [-0.05, 0) is 30.5 Å². The Kier molecular flexibility index (Phi) is 5.45. The van der Waals surface area contributed by atoms with Crippen molar-refractivity contribution in [3.63, 3.8) is 0 Å². The van der Waals surface area contributed by atoms with Crippen LogP contribution in [0.2, 0.25) is 0 Å². The third-order valence-electron chi connectivity index (χ3n) is 3.47. The van der Waals surface area contributed by atoms with E-state index < -0.39 is 0 Å². The molecule has 2 rings (SSSR count). The molecule has 1 saturated heterocycles. The fourth-order valence-corrected chi connectivity index (χ4v) is 3.56. The normalized spacial score (nSPS) is 18.6. The van der Waals surface area contributed by atoms with Crippen LogP contribution in [0.25, 0.3) is 0 Å². The fourth-order valence-electron chi connectivity index (χ4n) is 2.32. The van der Waals surface area contributed by atoms with E-state index in [-0.39, 0.29) is 12.5 Å². The van der Waals surface area contributed by atoms with Gasteiger partial charge in [-0.2, -0.15) is 17.0 Å². The molecule has 1 unspecified atom stereocenters. The van der Waals surface area contributed by atoms with Gasteiger partial charge >= 0.3 is 0 Å². The van der Waals surface area contributed by atoms with E-state index in [1.807, 2.05) is 40.9 Å². The molecule has 0 bridgehead atoms. The van der Waals surface area contributed by atoms with Crippen LogP contribution in [-0.4, -0.2) is 35.7 Å². The number of carbonyl (C=O) groups excluding carboxylic acids is 1. The molecule has 0 aliphatic carbocycles. The van der Waals surface area contributed by atoms with Crippen molar-refractivity contribution in [3.05, 3.63) is 35.4 Å². The lowest BCUT2D eigenvalue weighted by molar-refractivity contribution is -0.130. The molecule has 0 radical (unpaired) electrons. The predicted octanol–water partition coefficient (Wildman–Crippen LogP) is 1.74. The summed E-state index contributed by atoms with van der Waals surface area (Å²) in [4.78, 5) is 13.5. The number of hydrogen-bond acceptors (Lipinski definition) is 4. The van der Waals surface area contributed by atoms with Crippen LogP contribution < -0.4 is 5.73 Å². The highest BCUT2D eigenvalue weighted by Gasteiger charge is 2.22. The number of nitrogens with zero attached hydrogens (tertiary/aromatic N) is 2. The molecule has 1 atom stereocenters. The Morgan fingerprint density at radius 1 is 1.45 bits per heavy atom. The SMILES string of the molecule is N#Cc1ccc(CSC2CCCN(C(=O)CN)C2)cc1. The molecule has 5 heteroatoms. The summed E-state index contributed by atoms with van der Waals surface area (Å²) in [5, 5.41) is 9.25. The maximum atomic E-state index is 11.6. The highest BCUT2D eigenvalue weighted by Crippen LogP contribution is 2.25. The zero-order valence-corrected chi connectivity index (χ0v) is 12.2. The summed E-state index contributed by atoms with van der Waals surface area (Å²) in [7, 11) is 0. The summed E-state index contributed by atoms with van der Waals surface area (Å²) in [5.41, 5.74) is 7.33. The van der Waals surface area contributed by atoms with Gasteiger partial charge in [0.25, 0.3) is 0 Å². The van der Waals surface area contributed by atoms with E-state index in [1.165, 1.54) is 5.56 Å². The molecule has 0 saturated carbocycles. The molecule has 2 N–H and O–H groups in total. The topological polar surface area (TPSA) is 70.1 Å². The number of carbonyl (C=O) groups is 1. The number of hydrogen-bond donors (Lipinski definition) is 1. The van der Waals surface area contributed by atoms with E-state index in [4.69, 9.17) is 11.0 Å². The Labute approximate surface area is 123 Å². The lowest BCUT2D eigenvalue weighted by Gasteiger charge is -2.32. The summed E-state index contributed by atoms with van der Waals surface area (Å²) in [6, 6.07) is 9.81. The third kappa shape index (κ3) is 3.99. The summed E-state index contributed by atoms with van der Waals surface area (Å²) >= 11 is 1.88. The van der Waals surface area contributed by atoms with Crippen LogP contribution in [0.15, 0.2) is 24.3 Å². The van der Waals surface area contributed by atoms with Gasteiger partial charge in [-0.25, -0.2) is 0 Å². The first-order chi connectivity index (χ1) is 9.72. The fraction of sp³-hybridized carbons (Fsp3) is 0.467. The molecule has 0 spiro atoms.